The molecule has 0 aromatic heterocycles. The molecular weight excluding hydrogens is 358 g/mol. The van der Waals surface area contributed by atoms with Crippen molar-refractivity contribution >= 4 is 0 Å². The molecule has 0 saturated heterocycles. The van der Waals surface area contributed by atoms with Crippen LogP contribution in [-0.2, 0) is 4.74 Å². The summed E-state index contributed by atoms with van der Waals surface area (Å²) in [5, 5.41) is 0. The first kappa shape index (κ1) is 20.3. The van der Waals surface area contributed by atoms with Gasteiger partial charge in [-0.25, -0.2) is 0 Å². The Labute approximate surface area is 151 Å². The summed E-state index contributed by atoms with van der Waals surface area (Å²) in [4.78, 5) is 0. The molecule has 0 bridgehead atoms. The number of quaternary nitrogens is 1. The highest BCUT2D eigenvalue weighted by Crippen LogP contribution is 2.30. The van der Waals surface area contributed by atoms with E-state index in [9.17, 15) is 0 Å². The minimum absolute atomic E-state index is 0. The van der Waals surface area contributed by atoms with E-state index < -0.39 is 0 Å². The van der Waals surface area contributed by atoms with Crippen molar-refractivity contribution in [3.63, 3.8) is 0 Å². The fourth-order valence-electron chi connectivity index (χ4n) is 2.50. The molecule has 4 nitrogen and oxygen atoms in total. The van der Waals surface area contributed by atoms with Gasteiger partial charge in [0.2, 0.25) is 0 Å². The predicted molar refractivity (Wildman–Crippen MR) is 88.5 cm³/mol. The summed E-state index contributed by atoms with van der Waals surface area (Å²) in [6.45, 7) is 3.23. The topological polar surface area (TPSA) is 27.7 Å². The Bertz CT molecular complexity index is 448. The molecule has 1 unspecified atom stereocenters. The van der Waals surface area contributed by atoms with E-state index in [2.05, 4.69) is 21.1 Å². The highest BCUT2D eigenvalue weighted by molar-refractivity contribution is 5.40. The third-order valence-electron chi connectivity index (χ3n) is 3.74. The van der Waals surface area contributed by atoms with Gasteiger partial charge >= 0.3 is 0 Å². The maximum Gasteiger partial charge on any atom is 0.161 e. The van der Waals surface area contributed by atoms with Gasteiger partial charge in [0.1, 0.15) is 6.61 Å². The van der Waals surface area contributed by atoms with Crippen LogP contribution < -0.4 is 26.5 Å². The summed E-state index contributed by atoms with van der Waals surface area (Å²) < 4.78 is 18.3. The molecule has 1 atom stereocenters. The highest BCUT2D eigenvalue weighted by atomic mass is 79.9. The zero-order valence-electron chi connectivity index (χ0n) is 14.6. The quantitative estimate of drug-likeness (QED) is 0.444. The number of benzene rings is 1. The Morgan fingerprint density at radius 1 is 1.04 bits per heavy atom. The van der Waals surface area contributed by atoms with Crippen molar-refractivity contribution in [2.45, 2.75) is 31.8 Å². The van der Waals surface area contributed by atoms with Gasteiger partial charge in [0, 0.05) is 6.61 Å². The van der Waals surface area contributed by atoms with Crippen molar-refractivity contribution in [2.75, 3.05) is 47.5 Å². The second-order valence-electron chi connectivity index (χ2n) is 7.00. The number of unbranched alkanes of at least 4 members (excludes halogenated alkanes) is 3. The van der Waals surface area contributed by atoms with Crippen molar-refractivity contribution < 1.29 is 35.7 Å². The van der Waals surface area contributed by atoms with Gasteiger partial charge in [0.25, 0.3) is 0 Å². The Hall–Kier alpha value is -0.780. The standard InChI is InChI=1S/C18H30NO3.BrH/c1-19(2,3)12-8-4-5-9-13-20-14-16-15-21-17-10-6-7-11-18(17)22-16;/h6-7,10-11,16H,4-5,8-9,12-15H2,1-3H3;1H/q+1;/p-1. The Balaban J connectivity index is 0.00000264. The third kappa shape index (κ3) is 8.04. The van der Waals surface area contributed by atoms with Gasteiger partial charge in [0.15, 0.2) is 17.6 Å². The average Bonchev–Trinajstić information content (AvgIpc) is 2.48. The van der Waals surface area contributed by atoms with Crippen LogP contribution in [0.5, 0.6) is 11.5 Å². The molecule has 132 valence electrons. The van der Waals surface area contributed by atoms with E-state index in [-0.39, 0.29) is 23.1 Å². The van der Waals surface area contributed by atoms with Crippen molar-refractivity contribution in [3.05, 3.63) is 24.3 Å². The summed E-state index contributed by atoms with van der Waals surface area (Å²) >= 11 is 0. The first-order valence-corrected chi connectivity index (χ1v) is 8.31. The Morgan fingerprint density at radius 3 is 2.48 bits per heavy atom. The number of fused-ring (bicyclic) bond motifs is 1. The van der Waals surface area contributed by atoms with Crippen LogP contribution in [0.2, 0.25) is 0 Å². The average molecular weight is 388 g/mol. The molecule has 0 N–H and O–H groups in total. The van der Waals surface area contributed by atoms with Crippen LogP contribution in [0.25, 0.3) is 0 Å². The lowest BCUT2D eigenvalue weighted by Gasteiger charge is -2.26. The van der Waals surface area contributed by atoms with Gasteiger partial charge in [-0.05, 0) is 31.4 Å². The lowest BCUT2D eigenvalue weighted by Crippen LogP contribution is -3.00. The number of halogens is 1. The molecule has 5 heteroatoms. The van der Waals surface area contributed by atoms with Crippen LogP contribution in [0.1, 0.15) is 25.7 Å². The van der Waals surface area contributed by atoms with Crippen LogP contribution >= 0.6 is 0 Å². The van der Waals surface area contributed by atoms with Gasteiger partial charge in [-0.15, -0.1) is 0 Å². The van der Waals surface area contributed by atoms with Gasteiger partial charge in [0.05, 0.1) is 34.3 Å². The normalized spacial score (nSPS) is 16.7. The second kappa shape index (κ2) is 10.2. The van der Waals surface area contributed by atoms with E-state index in [1.54, 1.807) is 0 Å². The smallest absolute Gasteiger partial charge is 0.161 e. The fraction of sp³-hybridized carbons (Fsp3) is 0.667. The minimum Gasteiger partial charge on any atom is -1.00 e. The number of rotatable bonds is 9. The fourth-order valence-corrected chi connectivity index (χ4v) is 2.50. The van der Waals surface area contributed by atoms with Crippen molar-refractivity contribution in [1.82, 2.24) is 0 Å². The summed E-state index contributed by atoms with van der Waals surface area (Å²) in [6.07, 6.45) is 4.95. The van der Waals surface area contributed by atoms with Crippen LogP contribution in [-0.4, -0.2) is 58.1 Å². The van der Waals surface area contributed by atoms with Crippen molar-refractivity contribution in [1.29, 1.82) is 0 Å². The Morgan fingerprint density at radius 2 is 1.74 bits per heavy atom. The van der Waals surface area contributed by atoms with Crippen LogP contribution in [0.15, 0.2) is 24.3 Å². The molecule has 1 aliphatic rings. The first-order chi connectivity index (χ1) is 10.5. The maximum atomic E-state index is 5.86. The number of ether oxygens (including phenoxy) is 3. The molecule has 23 heavy (non-hydrogen) atoms. The number of hydrogen-bond acceptors (Lipinski definition) is 3. The van der Waals surface area contributed by atoms with Gasteiger partial charge in [-0.1, -0.05) is 18.6 Å². The molecule has 1 heterocycles. The molecular formula is C18H30BrNO3. The third-order valence-corrected chi connectivity index (χ3v) is 3.74. The molecule has 0 radical (unpaired) electrons. The zero-order chi connectivity index (χ0) is 15.8. The summed E-state index contributed by atoms with van der Waals surface area (Å²) in [7, 11) is 6.73. The molecule has 1 aliphatic heterocycles. The number of hydrogen-bond donors (Lipinski definition) is 0. The minimum atomic E-state index is 0. The van der Waals surface area contributed by atoms with Crippen LogP contribution in [0.4, 0.5) is 0 Å². The predicted octanol–water partition coefficient (Wildman–Crippen LogP) is 0.114. The molecule has 2 rings (SSSR count). The first-order valence-electron chi connectivity index (χ1n) is 8.31. The summed E-state index contributed by atoms with van der Waals surface area (Å²) in [5.41, 5.74) is 0. The monoisotopic (exact) mass is 387 g/mol. The molecule has 1 aromatic carbocycles. The number of para-hydroxylation sites is 2. The largest absolute Gasteiger partial charge is 1.00 e. The number of nitrogens with zero attached hydrogens (tertiary/aromatic N) is 1. The van der Waals surface area contributed by atoms with E-state index in [1.165, 1.54) is 25.8 Å². The lowest BCUT2D eigenvalue weighted by atomic mass is 10.2. The lowest BCUT2D eigenvalue weighted by molar-refractivity contribution is -0.870. The van der Waals surface area contributed by atoms with E-state index in [0.29, 0.717) is 13.2 Å². The maximum absolute atomic E-state index is 5.86. The Kier molecular flexibility index (Phi) is 8.95. The van der Waals surface area contributed by atoms with Crippen molar-refractivity contribution in [3.8, 4) is 11.5 Å². The summed E-state index contributed by atoms with van der Waals surface area (Å²) in [5.74, 6) is 1.65. The molecule has 0 aliphatic carbocycles. The van der Waals surface area contributed by atoms with E-state index >= 15 is 0 Å². The van der Waals surface area contributed by atoms with Crippen LogP contribution in [0, 0.1) is 0 Å². The van der Waals surface area contributed by atoms with Gasteiger partial charge < -0.3 is 35.7 Å². The summed E-state index contributed by atoms with van der Waals surface area (Å²) in [6, 6.07) is 7.79. The van der Waals surface area contributed by atoms with Crippen molar-refractivity contribution in [2.24, 2.45) is 0 Å². The van der Waals surface area contributed by atoms with Crippen LogP contribution in [0.3, 0.4) is 0 Å². The highest BCUT2D eigenvalue weighted by Gasteiger charge is 2.20. The SMILES string of the molecule is C[N+](C)(C)CCCCCCOCC1COc2ccccc2O1.[Br-]. The van der Waals surface area contributed by atoms with Gasteiger partial charge in [-0.2, -0.15) is 0 Å². The molecule has 0 saturated carbocycles. The molecule has 0 amide bonds. The molecule has 0 spiro atoms. The second-order valence-corrected chi connectivity index (χ2v) is 7.00. The molecule has 1 aromatic rings. The van der Waals surface area contributed by atoms with E-state index in [1.807, 2.05) is 24.3 Å². The zero-order valence-corrected chi connectivity index (χ0v) is 16.2. The van der Waals surface area contributed by atoms with E-state index in [0.717, 1.165) is 29.0 Å². The van der Waals surface area contributed by atoms with E-state index in [4.69, 9.17) is 14.2 Å². The van der Waals surface area contributed by atoms with Gasteiger partial charge in [-0.3, -0.25) is 0 Å². The molecule has 0 fully saturated rings.